The van der Waals surface area contributed by atoms with Crippen LogP contribution >= 0.6 is 0 Å². The first-order valence-corrected chi connectivity index (χ1v) is 12.7. The summed E-state index contributed by atoms with van der Waals surface area (Å²) in [5, 5.41) is 6.96. The van der Waals surface area contributed by atoms with Gasteiger partial charge in [-0.05, 0) is 63.7 Å². The molecule has 0 saturated carbocycles. The average molecular weight is 510 g/mol. The molecule has 10 nitrogen and oxygen atoms in total. The number of nitrogens with one attached hydrogen (secondary N) is 2. The van der Waals surface area contributed by atoms with Crippen LogP contribution in [0.25, 0.3) is 22.3 Å². The Kier molecular flexibility index (Phi) is 7.79. The Morgan fingerprint density at radius 1 is 0.974 bits per heavy atom. The van der Waals surface area contributed by atoms with Gasteiger partial charge < -0.3 is 20.4 Å². The highest BCUT2D eigenvalue weighted by molar-refractivity contribution is 6.00. The number of rotatable bonds is 8. The zero-order valence-electron chi connectivity index (χ0n) is 21.6. The Morgan fingerprint density at radius 3 is 2.61 bits per heavy atom. The van der Waals surface area contributed by atoms with Crippen LogP contribution in [0.1, 0.15) is 19.3 Å². The van der Waals surface area contributed by atoms with Gasteiger partial charge in [0.1, 0.15) is 17.0 Å². The van der Waals surface area contributed by atoms with Crippen LogP contribution in [-0.4, -0.2) is 69.5 Å². The van der Waals surface area contributed by atoms with Crippen molar-refractivity contribution >= 4 is 40.0 Å². The molecule has 38 heavy (non-hydrogen) atoms. The fourth-order valence-electron chi connectivity index (χ4n) is 4.30. The maximum absolute atomic E-state index is 12.3. The molecule has 1 aliphatic rings. The number of hydrogen-bond acceptors (Lipinski definition) is 9. The first-order chi connectivity index (χ1) is 18.5. The molecule has 2 N–H and O–H groups in total. The monoisotopic (exact) mass is 509 g/mol. The summed E-state index contributed by atoms with van der Waals surface area (Å²) in [6, 6.07) is 9.42. The lowest BCUT2D eigenvalue weighted by Crippen LogP contribution is -2.29. The molecule has 5 heterocycles. The second-order valence-corrected chi connectivity index (χ2v) is 9.45. The molecule has 4 aromatic rings. The largest absolute Gasteiger partial charge is 0.357 e. The van der Waals surface area contributed by atoms with Crippen molar-refractivity contribution in [2.24, 2.45) is 0 Å². The van der Waals surface area contributed by atoms with Gasteiger partial charge in [-0.1, -0.05) is 6.08 Å². The number of pyridine rings is 3. The second-order valence-electron chi connectivity index (χ2n) is 9.45. The first-order valence-electron chi connectivity index (χ1n) is 12.7. The van der Waals surface area contributed by atoms with E-state index in [0.29, 0.717) is 35.1 Å². The smallest absolute Gasteiger partial charge is 0.248 e. The van der Waals surface area contributed by atoms with Gasteiger partial charge in [0.15, 0.2) is 0 Å². The highest BCUT2D eigenvalue weighted by atomic mass is 16.1. The van der Waals surface area contributed by atoms with E-state index >= 15 is 0 Å². The summed E-state index contributed by atoms with van der Waals surface area (Å²) >= 11 is 0. The molecule has 1 aliphatic heterocycles. The van der Waals surface area contributed by atoms with Crippen LogP contribution in [0.5, 0.6) is 0 Å². The van der Waals surface area contributed by atoms with Gasteiger partial charge >= 0.3 is 0 Å². The van der Waals surface area contributed by atoms with Crippen LogP contribution in [0.3, 0.4) is 0 Å². The maximum atomic E-state index is 12.3. The van der Waals surface area contributed by atoms with Gasteiger partial charge in [-0.15, -0.1) is 0 Å². The van der Waals surface area contributed by atoms with E-state index in [1.54, 1.807) is 30.7 Å². The van der Waals surface area contributed by atoms with Crippen LogP contribution in [-0.2, 0) is 4.79 Å². The minimum atomic E-state index is -0.205. The van der Waals surface area contributed by atoms with Crippen molar-refractivity contribution in [3.63, 3.8) is 0 Å². The zero-order valence-corrected chi connectivity index (χ0v) is 21.6. The fourth-order valence-corrected chi connectivity index (χ4v) is 4.30. The molecule has 0 aromatic carbocycles. The number of carbonyl (C=O) groups excluding carboxylic acids is 1. The molecule has 10 heteroatoms. The summed E-state index contributed by atoms with van der Waals surface area (Å²) in [5.41, 5.74) is 3.29. The number of likely N-dealkylation sites (N-methyl/N-ethyl adjacent to an activating group) is 1. The third-order valence-corrected chi connectivity index (χ3v) is 6.19. The summed E-state index contributed by atoms with van der Waals surface area (Å²) in [6.07, 6.45) is 14.0. The normalized spacial score (nSPS) is 13.8. The average Bonchev–Trinajstić information content (AvgIpc) is 2.93. The Labute approximate surface area is 221 Å². The molecule has 1 saturated heterocycles. The molecular weight excluding hydrogens is 478 g/mol. The summed E-state index contributed by atoms with van der Waals surface area (Å²) in [4.78, 5) is 39.5. The Bertz CT molecular complexity index is 1430. The lowest BCUT2D eigenvalue weighted by Gasteiger charge is -2.27. The molecule has 0 unspecified atom stereocenters. The van der Waals surface area contributed by atoms with Crippen molar-refractivity contribution < 1.29 is 4.79 Å². The lowest BCUT2D eigenvalue weighted by atomic mass is 10.1. The number of piperidine rings is 1. The number of fused-ring (bicyclic) bond motifs is 1. The number of amides is 1. The van der Waals surface area contributed by atoms with E-state index < -0.39 is 0 Å². The summed E-state index contributed by atoms with van der Waals surface area (Å²) in [5.74, 6) is 1.23. The highest BCUT2D eigenvalue weighted by Gasteiger charge is 2.13. The molecule has 0 radical (unpaired) electrons. The van der Waals surface area contributed by atoms with Crippen molar-refractivity contribution in [3.8, 4) is 11.4 Å². The van der Waals surface area contributed by atoms with E-state index in [9.17, 15) is 4.79 Å². The number of nitrogens with zero attached hydrogens (tertiary/aromatic N) is 7. The lowest BCUT2D eigenvalue weighted by molar-refractivity contribution is -0.111. The SMILES string of the molecule is CN(C)C/C=C/C(=O)Nc1ccnc(-c2nccc3cnc(Nc4ccc(N5CCCCC5)nc4)nc23)c1. The molecule has 1 amide bonds. The molecule has 5 rings (SSSR count). The molecule has 194 valence electrons. The first kappa shape index (κ1) is 25.2. The van der Waals surface area contributed by atoms with Crippen molar-refractivity contribution in [1.29, 1.82) is 0 Å². The van der Waals surface area contributed by atoms with Crippen molar-refractivity contribution in [2.75, 3.05) is 49.3 Å². The molecule has 1 fully saturated rings. The number of carbonyl (C=O) groups is 1. The summed E-state index contributed by atoms with van der Waals surface area (Å²) in [7, 11) is 3.89. The molecule has 0 atom stereocenters. The summed E-state index contributed by atoms with van der Waals surface area (Å²) < 4.78 is 0. The van der Waals surface area contributed by atoms with E-state index in [4.69, 9.17) is 4.98 Å². The van der Waals surface area contributed by atoms with E-state index in [0.717, 1.165) is 30.0 Å². The molecule has 0 spiro atoms. The molecular formula is C28H31N9O. The van der Waals surface area contributed by atoms with Gasteiger partial charge in [0.25, 0.3) is 0 Å². The maximum Gasteiger partial charge on any atom is 0.248 e. The number of hydrogen-bond donors (Lipinski definition) is 2. The van der Waals surface area contributed by atoms with Gasteiger partial charge in [0, 0.05) is 55.4 Å². The number of anilines is 4. The summed E-state index contributed by atoms with van der Waals surface area (Å²) in [6.45, 7) is 2.79. The van der Waals surface area contributed by atoms with Crippen LogP contribution in [0.4, 0.5) is 23.1 Å². The van der Waals surface area contributed by atoms with E-state index in [-0.39, 0.29) is 5.91 Å². The standard InChI is InChI=1S/C28H31N9O/c1-36(2)14-6-7-25(38)33-21-11-13-29-23(17-21)27-26-20(10-12-30-27)18-32-28(35-26)34-22-8-9-24(31-19-22)37-15-4-3-5-16-37/h6-13,17-19H,3-5,14-16H2,1-2H3,(H,29,33,38)(H,32,34,35)/b7-6+. The van der Waals surface area contributed by atoms with Crippen LogP contribution in [0.2, 0.25) is 0 Å². The minimum absolute atomic E-state index is 0.205. The third kappa shape index (κ3) is 6.27. The molecule has 0 aliphatic carbocycles. The fraction of sp³-hybridized carbons (Fsp3) is 0.286. The second kappa shape index (κ2) is 11.7. The van der Waals surface area contributed by atoms with Crippen molar-refractivity contribution in [1.82, 2.24) is 29.8 Å². The van der Waals surface area contributed by atoms with Gasteiger partial charge in [-0.3, -0.25) is 14.8 Å². The predicted octanol–water partition coefficient (Wildman–Crippen LogP) is 4.27. The topological polar surface area (TPSA) is 112 Å². The van der Waals surface area contributed by atoms with Gasteiger partial charge in [0.05, 0.1) is 17.6 Å². The Morgan fingerprint density at radius 2 is 1.82 bits per heavy atom. The predicted molar refractivity (Wildman–Crippen MR) is 150 cm³/mol. The van der Waals surface area contributed by atoms with Crippen LogP contribution < -0.4 is 15.5 Å². The zero-order chi connectivity index (χ0) is 26.3. The Balaban J connectivity index is 1.35. The molecule has 0 bridgehead atoms. The van der Waals surface area contributed by atoms with Crippen LogP contribution in [0, 0.1) is 0 Å². The Hall–Kier alpha value is -4.44. The van der Waals surface area contributed by atoms with Crippen molar-refractivity contribution in [3.05, 3.63) is 67.3 Å². The minimum Gasteiger partial charge on any atom is -0.357 e. The molecule has 4 aromatic heterocycles. The van der Waals surface area contributed by atoms with Crippen LogP contribution in [0.15, 0.2) is 67.3 Å². The van der Waals surface area contributed by atoms with Gasteiger partial charge in [-0.2, -0.15) is 0 Å². The quantitative estimate of drug-likeness (QED) is 0.336. The number of aromatic nitrogens is 5. The van der Waals surface area contributed by atoms with Gasteiger partial charge in [0.2, 0.25) is 11.9 Å². The third-order valence-electron chi connectivity index (χ3n) is 6.19. The highest BCUT2D eigenvalue weighted by Crippen LogP contribution is 2.27. The van der Waals surface area contributed by atoms with E-state index in [2.05, 4.69) is 35.5 Å². The van der Waals surface area contributed by atoms with E-state index in [1.165, 1.54) is 25.3 Å². The van der Waals surface area contributed by atoms with Crippen molar-refractivity contribution in [2.45, 2.75) is 19.3 Å². The van der Waals surface area contributed by atoms with E-state index in [1.807, 2.05) is 49.5 Å². The van der Waals surface area contributed by atoms with Gasteiger partial charge in [-0.25, -0.2) is 15.0 Å².